The average Bonchev–Trinajstić information content (AvgIpc) is 2.59. The summed E-state index contributed by atoms with van der Waals surface area (Å²) in [4.78, 5) is 12.2. The van der Waals surface area contributed by atoms with Crippen LogP contribution in [0.25, 0.3) is 0 Å². The summed E-state index contributed by atoms with van der Waals surface area (Å²) in [7, 11) is 0. The maximum atomic E-state index is 12.2. The zero-order valence-corrected chi connectivity index (χ0v) is 16.5. The molecule has 0 aliphatic carbocycles. The molecule has 0 fully saturated rings. The van der Waals surface area contributed by atoms with Crippen LogP contribution in [0.5, 0.6) is 0 Å². The van der Waals surface area contributed by atoms with Gasteiger partial charge in [0.25, 0.3) is 0 Å². The van der Waals surface area contributed by atoms with Gasteiger partial charge in [0, 0.05) is 26.8 Å². The molecule has 0 aromatic heterocycles. The molecule has 2 aromatic rings. The van der Waals surface area contributed by atoms with E-state index in [1.165, 1.54) is 0 Å². The lowest BCUT2D eigenvalue weighted by atomic mass is 9.90. The number of ketones is 1. The van der Waals surface area contributed by atoms with Gasteiger partial charge in [-0.2, -0.15) is 0 Å². The number of carbonyl (C=O) groups is 1. The number of aliphatic hydroxyl groups is 1. The molecule has 2 aromatic carbocycles. The van der Waals surface area contributed by atoms with Gasteiger partial charge in [-0.3, -0.25) is 4.79 Å². The molecule has 0 radical (unpaired) electrons. The van der Waals surface area contributed by atoms with Crippen molar-refractivity contribution in [2.75, 3.05) is 0 Å². The van der Waals surface area contributed by atoms with Crippen LogP contribution >= 0.6 is 31.9 Å². The van der Waals surface area contributed by atoms with Crippen molar-refractivity contribution in [3.8, 4) is 0 Å². The molecule has 2 nitrogen and oxygen atoms in total. The predicted octanol–water partition coefficient (Wildman–Crippen LogP) is 6.10. The van der Waals surface area contributed by atoms with Crippen LogP contribution in [0.15, 0.2) is 70.1 Å². The van der Waals surface area contributed by atoms with Crippen LogP contribution in [0, 0.1) is 5.92 Å². The summed E-state index contributed by atoms with van der Waals surface area (Å²) >= 11 is 6.76. The lowest BCUT2D eigenvalue weighted by Gasteiger charge is -2.20. The molecular formula is C20H20Br2O2. The number of rotatable bonds is 8. The Bertz CT molecular complexity index is 678. The molecular weight excluding hydrogens is 432 g/mol. The third-order valence-corrected chi connectivity index (χ3v) is 5.08. The largest absolute Gasteiger partial charge is 0.388 e. The van der Waals surface area contributed by atoms with Gasteiger partial charge < -0.3 is 5.11 Å². The van der Waals surface area contributed by atoms with Gasteiger partial charge in [0.1, 0.15) is 0 Å². The number of halogens is 2. The van der Waals surface area contributed by atoms with Crippen molar-refractivity contribution < 1.29 is 9.90 Å². The molecule has 24 heavy (non-hydrogen) atoms. The van der Waals surface area contributed by atoms with Crippen molar-refractivity contribution in [3.05, 3.63) is 81.3 Å². The lowest BCUT2D eigenvalue weighted by Crippen LogP contribution is -2.11. The maximum absolute atomic E-state index is 12.2. The highest BCUT2D eigenvalue weighted by atomic mass is 79.9. The summed E-state index contributed by atoms with van der Waals surface area (Å²) in [6, 6.07) is 15.0. The van der Waals surface area contributed by atoms with E-state index in [-0.39, 0.29) is 11.7 Å². The molecule has 0 saturated heterocycles. The second-order valence-electron chi connectivity index (χ2n) is 5.72. The lowest BCUT2D eigenvalue weighted by molar-refractivity contribution is 0.0964. The fraction of sp³-hybridized carbons (Fsp3) is 0.250. The molecule has 0 unspecified atom stereocenters. The highest BCUT2D eigenvalue weighted by molar-refractivity contribution is 9.10. The average molecular weight is 452 g/mol. The van der Waals surface area contributed by atoms with Crippen molar-refractivity contribution in [3.63, 3.8) is 0 Å². The summed E-state index contributed by atoms with van der Waals surface area (Å²) in [5, 5.41) is 10.5. The van der Waals surface area contributed by atoms with E-state index in [0.717, 1.165) is 32.9 Å². The highest BCUT2D eigenvalue weighted by Crippen LogP contribution is 2.28. The van der Waals surface area contributed by atoms with Gasteiger partial charge in [-0.15, -0.1) is 6.58 Å². The number of Topliss-reactive ketones (excluding diaryl/α,β-unsaturated/α-hetero) is 1. The molecule has 4 heteroatoms. The molecule has 0 bridgehead atoms. The van der Waals surface area contributed by atoms with Crippen LogP contribution in [0.4, 0.5) is 0 Å². The number of carbonyl (C=O) groups excluding carboxylic acids is 1. The first-order valence-electron chi connectivity index (χ1n) is 7.86. The standard InChI is InChI=1S/C20H20Br2O2/c1-2-14(20(24)16-8-12-18(22)13-9-16)4-3-5-19(23)15-6-10-17(21)11-7-15/h2,6-14,20,24H,1,3-5H2/t14-,20+/m1/s1. The van der Waals surface area contributed by atoms with Crippen molar-refractivity contribution in [1.29, 1.82) is 0 Å². The molecule has 0 spiro atoms. The van der Waals surface area contributed by atoms with Crippen LogP contribution in [0.3, 0.4) is 0 Å². The van der Waals surface area contributed by atoms with Gasteiger partial charge in [-0.05, 0) is 42.7 Å². The van der Waals surface area contributed by atoms with E-state index in [2.05, 4.69) is 38.4 Å². The molecule has 0 heterocycles. The maximum Gasteiger partial charge on any atom is 0.162 e. The minimum absolute atomic E-state index is 0.0658. The Hall–Kier alpha value is -1.23. The molecule has 2 rings (SSSR count). The Morgan fingerprint density at radius 3 is 2.12 bits per heavy atom. The topological polar surface area (TPSA) is 37.3 Å². The Labute approximate surface area is 159 Å². The predicted molar refractivity (Wildman–Crippen MR) is 105 cm³/mol. The van der Waals surface area contributed by atoms with Crippen LogP contribution in [0.2, 0.25) is 0 Å². The van der Waals surface area contributed by atoms with E-state index in [9.17, 15) is 9.90 Å². The van der Waals surface area contributed by atoms with Gasteiger partial charge in [0.05, 0.1) is 6.10 Å². The van der Waals surface area contributed by atoms with Crippen LogP contribution in [0.1, 0.15) is 41.3 Å². The van der Waals surface area contributed by atoms with Crippen LogP contribution in [-0.2, 0) is 0 Å². The van der Waals surface area contributed by atoms with E-state index in [1.54, 1.807) is 6.08 Å². The SMILES string of the molecule is C=C[C@H](CCCC(=O)c1ccc(Br)cc1)[C@H](O)c1ccc(Br)cc1. The summed E-state index contributed by atoms with van der Waals surface area (Å²) in [5.74, 6) is 0.0623. The Kier molecular flexibility index (Phi) is 7.40. The van der Waals surface area contributed by atoms with Gasteiger partial charge in [0.15, 0.2) is 5.78 Å². The molecule has 0 amide bonds. The normalized spacial score (nSPS) is 13.3. The number of hydrogen-bond donors (Lipinski definition) is 1. The summed E-state index contributed by atoms with van der Waals surface area (Å²) < 4.78 is 1.94. The van der Waals surface area contributed by atoms with Gasteiger partial charge >= 0.3 is 0 Å². The third-order valence-electron chi connectivity index (χ3n) is 4.03. The molecule has 0 aliphatic heterocycles. The first-order chi connectivity index (χ1) is 11.5. The Balaban J connectivity index is 1.89. The van der Waals surface area contributed by atoms with Crippen molar-refractivity contribution in [2.24, 2.45) is 5.92 Å². The minimum atomic E-state index is -0.599. The van der Waals surface area contributed by atoms with Crippen LogP contribution in [-0.4, -0.2) is 10.9 Å². The van der Waals surface area contributed by atoms with E-state index in [1.807, 2.05) is 48.5 Å². The number of benzene rings is 2. The fourth-order valence-corrected chi connectivity index (χ4v) is 3.12. The second kappa shape index (κ2) is 9.30. The zero-order valence-electron chi connectivity index (χ0n) is 13.3. The Morgan fingerprint density at radius 2 is 1.58 bits per heavy atom. The third kappa shape index (κ3) is 5.40. The molecule has 126 valence electrons. The highest BCUT2D eigenvalue weighted by Gasteiger charge is 2.18. The van der Waals surface area contributed by atoms with Gasteiger partial charge in [-0.25, -0.2) is 0 Å². The minimum Gasteiger partial charge on any atom is -0.388 e. The summed E-state index contributed by atoms with van der Waals surface area (Å²) in [6.45, 7) is 3.83. The van der Waals surface area contributed by atoms with E-state index in [0.29, 0.717) is 6.42 Å². The quantitative estimate of drug-likeness (QED) is 0.388. The fourth-order valence-electron chi connectivity index (χ4n) is 2.59. The van der Waals surface area contributed by atoms with Crippen molar-refractivity contribution in [1.82, 2.24) is 0 Å². The summed E-state index contributed by atoms with van der Waals surface area (Å²) in [5.41, 5.74) is 1.59. The van der Waals surface area contributed by atoms with Crippen molar-refractivity contribution in [2.45, 2.75) is 25.4 Å². The summed E-state index contributed by atoms with van der Waals surface area (Å²) in [6.07, 6.45) is 3.09. The molecule has 0 saturated carbocycles. The Morgan fingerprint density at radius 1 is 1.04 bits per heavy atom. The monoisotopic (exact) mass is 450 g/mol. The first-order valence-corrected chi connectivity index (χ1v) is 9.44. The first kappa shape index (κ1) is 19.1. The van der Waals surface area contributed by atoms with Crippen molar-refractivity contribution >= 4 is 37.6 Å². The molecule has 0 aliphatic rings. The smallest absolute Gasteiger partial charge is 0.162 e. The molecule has 2 atom stereocenters. The second-order valence-corrected chi connectivity index (χ2v) is 7.55. The van der Waals surface area contributed by atoms with Crippen LogP contribution < -0.4 is 0 Å². The van der Waals surface area contributed by atoms with Gasteiger partial charge in [-0.1, -0.05) is 62.2 Å². The van der Waals surface area contributed by atoms with Gasteiger partial charge in [0.2, 0.25) is 0 Å². The number of hydrogen-bond acceptors (Lipinski definition) is 2. The van der Waals surface area contributed by atoms with E-state index in [4.69, 9.17) is 0 Å². The van der Waals surface area contributed by atoms with E-state index < -0.39 is 6.10 Å². The van der Waals surface area contributed by atoms with E-state index >= 15 is 0 Å². The molecule has 1 N–H and O–H groups in total. The number of aliphatic hydroxyl groups excluding tert-OH is 1. The zero-order chi connectivity index (χ0) is 17.5.